The molecule has 1 fully saturated rings. The summed E-state index contributed by atoms with van der Waals surface area (Å²) in [5, 5.41) is 16.5. The van der Waals surface area contributed by atoms with Crippen LogP contribution in [0.1, 0.15) is 34.3 Å². The number of ether oxygens (including phenoxy) is 1. The number of halogens is 3. The van der Waals surface area contributed by atoms with Gasteiger partial charge in [0.15, 0.2) is 11.4 Å². The molecule has 0 aromatic heterocycles. The first-order valence-corrected chi connectivity index (χ1v) is 13.4. The third-order valence-corrected chi connectivity index (χ3v) is 7.45. The van der Waals surface area contributed by atoms with Gasteiger partial charge in [-0.25, -0.2) is 23.3 Å². The number of benzene rings is 3. The number of anilines is 2. The van der Waals surface area contributed by atoms with Crippen molar-refractivity contribution in [2.24, 2.45) is 0 Å². The van der Waals surface area contributed by atoms with Crippen LogP contribution in [0.2, 0.25) is 5.02 Å². The van der Waals surface area contributed by atoms with Crippen molar-refractivity contribution < 1.29 is 37.8 Å². The van der Waals surface area contributed by atoms with E-state index in [0.29, 0.717) is 29.8 Å². The molecule has 4 N–H and O–H groups in total. The zero-order valence-electron chi connectivity index (χ0n) is 22.0. The number of fused-ring (bicyclic) bond motifs is 2. The molecule has 10 nitrogen and oxygen atoms in total. The summed E-state index contributed by atoms with van der Waals surface area (Å²) < 4.78 is 34.9. The molecule has 2 atom stereocenters. The molecule has 1 saturated heterocycles. The normalized spacial score (nSPS) is 18.5. The SMILES string of the molecule is O=C(O)Nc1ccc(C(=O)NC(Cc2ccc(F)cc2)C(=O)N2C(=O)O[C@]3(CCCNC3)c3c2ccc(Cl)c3F)cc1. The van der Waals surface area contributed by atoms with Gasteiger partial charge in [-0.2, -0.15) is 0 Å². The van der Waals surface area contributed by atoms with E-state index in [-0.39, 0.29) is 40.5 Å². The lowest BCUT2D eigenvalue weighted by Gasteiger charge is -2.44. The van der Waals surface area contributed by atoms with Crippen molar-refractivity contribution in [3.05, 3.63) is 94.0 Å². The Bertz CT molecular complexity index is 1540. The van der Waals surface area contributed by atoms with Gasteiger partial charge in [-0.15, -0.1) is 0 Å². The van der Waals surface area contributed by atoms with Gasteiger partial charge in [0.25, 0.3) is 11.8 Å². The molecule has 2 heterocycles. The quantitative estimate of drug-likeness (QED) is 0.319. The number of piperidine rings is 1. The van der Waals surface area contributed by atoms with Gasteiger partial charge in [0.05, 0.1) is 16.3 Å². The average Bonchev–Trinajstić information content (AvgIpc) is 2.96. The lowest BCUT2D eigenvalue weighted by atomic mass is 9.83. The van der Waals surface area contributed by atoms with E-state index in [1.165, 1.54) is 60.7 Å². The van der Waals surface area contributed by atoms with Crippen LogP contribution in [0.4, 0.5) is 29.7 Å². The van der Waals surface area contributed by atoms with Crippen LogP contribution in [-0.4, -0.2) is 48.2 Å². The van der Waals surface area contributed by atoms with E-state index >= 15 is 4.39 Å². The molecule has 5 rings (SSSR count). The van der Waals surface area contributed by atoms with Crippen LogP contribution in [-0.2, 0) is 21.6 Å². The Labute approximate surface area is 243 Å². The molecule has 42 heavy (non-hydrogen) atoms. The smallest absolute Gasteiger partial charge is 0.422 e. The highest BCUT2D eigenvalue weighted by Gasteiger charge is 2.50. The van der Waals surface area contributed by atoms with Gasteiger partial charge in [-0.05, 0) is 73.5 Å². The van der Waals surface area contributed by atoms with E-state index < -0.39 is 47.3 Å². The number of nitrogens with zero attached hydrogens (tertiary/aromatic N) is 1. The maximum atomic E-state index is 15.6. The summed E-state index contributed by atoms with van der Waals surface area (Å²) >= 11 is 6.11. The fraction of sp³-hybridized carbons (Fsp3) is 0.241. The second-order valence-corrected chi connectivity index (χ2v) is 10.3. The van der Waals surface area contributed by atoms with E-state index in [4.69, 9.17) is 21.4 Å². The minimum atomic E-state index is -1.38. The topological polar surface area (TPSA) is 137 Å². The van der Waals surface area contributed by atoms with Crippen LogP contribution < -0.4 is 20.9 Å². The van der Waals surface area contributed by atoms with Gasteiger partial charge in [0.1, 0.15) is 11.9 Å². The number of carbonyl (C=O) groups excluding carboxylic acids is 3. The molecule has 0 saturated carbocycles. The Morgan fingerprint density at radius 3 is 2.43 bits per heavy atom. The van der Waals surface area contributed by atoms with Crippen LogP contribution >= 0.6 is 11.6 Å². The van der Waals surface area contributed by atoms with Crippen molar-refractivity contribution in [1.29, 1.82) is 0 Å². The number of carboxylic acid groups (broad SMARTS) is 1. The summed E-state index contributed by atoms with van der Waals surface area (Å²) in [6.07, 6.45) is -1.59. The van der Waals surface area contributed by atoms with Crippen molar-refractivity contribution >= 4 is 47.0 Å². The molecule has 0 radical (unpaired) electrons. The summed E-state index contributed by atoms with van der Waals surface area (Å²) in [6.45, 7) is 0.756. The van der Waals surface area contributed by atoms with Crippen molar-refractivity contribution in [3.63, 3.8) is 0 Å². The molecule has 2 aliphatic rings. The first kappa shape index (κ1) is 29.0. The van der Waals surface area contributed by atoms with Crippen LogP contribution in [0.25, 0.3) is 0 Å². The summed E-state index contributed by atoms with van der Waals surface area (Å²) in [6, 6.07) is 11.9. The third-order valence-electron chi connectivity index (χ3n) is 7.15. The highest BCUT2D eigenvalue weighted by molar-refractivity contribution is 6.31. The van der Waals surface area contributed by atoms with Crippen molar-refractivity contribution in [1.82, 2.24) is 10.6 Å². The van der Waals surface area contributed by atoms with Crippen molar-refractivity contribution in [2.75, 3.05) is 23.3 Å². The third kappa shape index (κ3) is 5.76. The molecule has 4 amide bonds. The molecule has 3 aromatic carbocycles. The fourth-order valence-corrected chi connectivity index (χ4v) is 5.35. The number of carbonyl (C=O) groups is 4. The number of nitrogens with one attached hydrogen (secondary N) is 3. The zero-order valence-corrected chi connectivity index (χ0v) is 22.7. The Hall–Kier alpha value is -4.55. The monoisotopic (exact) mass is 598 g/mol. The number of imide groups is 1. The first-order valence-electron chi connectivity index (χ1n) is 13.0. The number of rotatable bonds is 6. The zero-order chi connectivity index (χ0) is 30.0. The Morgan fingerprint density at radius 2 is 1.79 bits per heavy atom. The fourth-order valence-electron chi connectivity index (χ4n) is 5.19. The summed E-state index contributed by atoms with van der Waals surface area (Å²) in [5.74, 6) is -2.95. The summed E-state index contributed by atoms with van der Waals surface area (Å²) in [5.41, 5.74) is -0.686. The van der Waals surface area contributed by atoms with Crippen LogP contribution in [0.3, 0.4) is 0 Å². The number of hydrogen-bond donors (Lipinski definition) is 4. The highest BCUT2D eigenvalue weighted by atomic mass is 35.5. The minimum Gasteiger partial charge on any atom is -0.465 e. The molecule has 3 aromatic rings. The standard InChI is InChI=1S/C29H25ClF2N4O6/c30-20-10-11-22-23(24(20)32)29(12-1-13-33-15-29)42-28(41)36(22)26(38)21(14-16-2-6-18(31)7-3-16)35-25(37)17-4-8-19(9-5-17)34-27(39)40/h2-11,21,33-34H,1,12-15H2,(H,35,37)(H,39,40)/t21?,29-/m0/s1. The predicted octanol–water partition coefficient (Wildman–Crippen LogP) is 4.81. The van der Waals surface area contributed by atoms with Gasteiger partial charge in [0, 0.05) is 24.2 Å². The largest absolute Gasteiger partial charge is 0.465 e. The summed E-state index contributed by atoms with van der Waals surface area (Å²) in [7, 11) is 0. The maximum Gasteiger partial charge on any atom is 0.422 e. The Morgan fingerprint density at radius 1 is 1.07 bits per heavy atom. The second-order valence-electron chi connectivity index (χ2n) is 9.94. The lowest BCUT2D eigenvalue weighted by molar-refractivity contribution is -0.120. The molecule has 1 spiro atoms. The molecule has 13 heteroatoms. The second kappa shape index (κ2) is 11.7. The summed E-state index contributed by atoms with van der Waals surface area (Å²) in [4.78, 5) is 52.2. The van der Waals surface area contributed by atoms with Gasteiger partial charge >= 0.3 is 12.2 Å². The molecular weight excluding hydrogens is 574 g/mol. The molecule has 0 bridgehead atoms. The van der Waals surface area contributed by atoms with Gasteiger partial charge in [0.2, 0.25) is 0 Å². The van der Waals surface area contributed by atoms with Crippen molar-refractivity contribution in [2.45, 2.75) is 30.9 Å². The average molecular weight is 599 g/mol. The molecule has 218 valence electrons. The van der Waals surface area contributed by atoms with E-state index in [1.54, 1.807) is 0 Å². The maximum absolute atomic E-state index is 15.6. The Balaban J connectivity index is 1.50. The molecule has 1 unspecified atom stereocenters. The molecule has 2 aliphatic heterocycles. The van der Waals surface area contributed by atoms with Crippen molar-refractivity contribution in [3.8, 4) is 0 Å². The Kier molecular flexibility index (Phi) is 8.10. The van der Waals surface area contributed by atoms with Gasteiger partial charge in [-0.3, -0.25) is 14.9 Å². The highest BCUT2D eigenvalue weighted by Crippen LogP contribution is 2.46. The van der Waals surface area contributed by atoms with Crippen LogP contribution in [0, 0.1) is 11.6 Å². The molecular formula is C29H25ClF2N4O6. The van der Waals surface area contributed by atoms with E-state index in [9.17, 15) is 23.6 Å². The van der Waals surface area contributed by atoms with Crippen LogP contribution in [0.5, 0.6) is 0 Å². The molecule has 0 aliphatic carbocycles. The predicted molar refractivity (Wildman–Crippen MR) is 149 cm³/mol. The van der Waals surface area contributed by atoms with Gasteiger partial charge in [-0.1, -0.05) is 23.7 Å². The van der Waals surface area contributed by atoms with Gasteiger partial charge < -0.3 is 20.5 Å². The van der Waals surface area contributed by atoms with E-state index in [1.807, 2.05) is 0 Å². The first-order chi connectivity index (χ1) is 20.1. The minimum absolute atomic E-state index is 0.0384. The van der Waals surface area contributed by atoms with E-state index in [2.05, 4.69) is 16.0 Å². The lowest BCUT2D eigenvalue weighted by Crippen LogP contribution is -2.58. The van der Waals surface area contributed by atoms with E-state index in [0.717, 1.165) is 0 Å². The van der Waals surface area contributed by atoms with Crippen LogP contribution in [0.15, 0.2) is 60.7 Å². The number of hydrogen-bond acceptors (Lipinski definition) is 6. The number of amides is 4.